The number of nitrogens with zero attached hydrogens (tertiary/aromatic N) is 1. The Morgan fingerprint density at radius 3 is 2.65 bits per heavy atom. The number of aromatic nitrogens is 2. The number of H-pyrrole nitrogens is 1. The van der Waals surface area contributed by atoms with Crippen LogP contribution in [0.25, 0.3) is 11.3 Å². The Bertz CT molecular complexity index is 558. The Labute approximate surface area is 99.3 Å². The van der Waals surface area contributed by atoms with Gasteiger partial charge < -0.3 is 9.72 Å². The van der Waals surface area contributed by atoms with E-state index in [-0.39, 0.29) is 5.56 Å². The fourth-order valence-electron chi connectivity index (χ4n) is 1.59. The summed E-state index contributed by atoms with van der Waals surface area (Å²) in [4.78, 5) is 18.5. The number of benzene rings is 1. The molecule has 0 saturated carbocycles. The minimum absolute atomic E-state index is 0.164. The van der Waals surface area contributed by atoms with E-state index in [1.807, 2.05) is 31.2 Å². The molecule has 17 heavy (non-hydrogen) atoms. The summed E-state index contributed by atoms with van der Waals surface area (Å²) in [6, 6.07) is 9.38. The van der Waals surface area contributed by atoms with Crippen molar-refractivity contribution in [3.05, 3.63) is 52.1 Å². The molecule has 0 bridgehead atoms. The number of hydrogen-bond acceptors (Lipinski definition) is 3. The van der Waals surface area contributed by atoms with Crippen LogP contribution in [-0.4, -0.2) is 17.1 Å². The summed E-state index contributed by atoms with van der Waals surface area (Å²) in [7, 11) is 1.57. The van der Waals surface area contributed by atoms with Crippen molar-refractivity contribution in [3.63, 3.8) is 0 Å². The van der Waals surface area contributed by atoms with E-state index in [1.165, 1.54) is 11.6 Å². The zero-order valence-electron chi connectivity index (χ0n) is 9.86. The van der Waals surface area contributed by atoms with E-state index in [4.69, 9.17) is 4.74 Å². The number of nitrogens with one attached hydrogen (secondary N) is 1. The molecule has 1 N–H and O–H groups in total. The molecule has 88 valence electrons. The van der Waals surface area contributed by atoms with Crippen molar-refractivity contribution in [3.8, 4) is 11.3 Å². The second-order valence-corrected chi connectivity index (χ2v) is 3.88. The second kappa shape index (κ2) is 4.93. The predicted octanol–water partition coefficient (Wildman–Crippen LogP) is 1.89. The van der Waals surface area contributed by atoms with Gasteiger partial charge in [-0.2, -0.15) is 0 Å². The minimum Gasteiger partial charge on any atom is -0.377 e. The van der Waals surface area contributed by atoms with Crippen LogP contribution in [0.1, 0.15) is 11.4 Å². The smallest absolute Gasteiger partial charge is 0.251 e. The first-order valence-corrected chi connectivity index (χ1v) is 5.35. The number of rotatable bonds is 3. The van der Waals surface area contributed by atoms with Gasteiger partial charge in [0, 0.05) is 18.7 Å². The first-order chi connectivity index (χ1) is 8.19. The molecule has 0 aliphatic rings. The van der Waals surface area contributed by atoms with Crippen LogP contribution in [0, 0.1) is 6.92 Å². The average molecular weight is 230 g/mol. The van der Waals surface area contributed by atoms with Crippen molar-refractivity contribution in [2.75, 3.05) is 7.11 Å². The maximum atomic E-state index is 11.5. The van der Waals surface area contributed by atoms with E-state index in [0.29, 0.717) is 18.1 Å². The Morgan fingerprint density at radius 1 is 1.29 bits per heavy atom. The quantitative estimate of drug-likeness (QED) is 0.876. The van der Waals surface area contributed by atoms with E-state index < -0.39 is 0 Å². The van der Waals surface area contributed by atoms with Gasteiger partial charge >= 0.3 is 0 Å². The Hall–Kier alpha value is -1.94. The summed E-state index contributed by atoms with van der Waals surface area (Å²) in [6.45, 7) is 2.32. The van der Waals surface area contributed by atoms with Crippen LogP contribution < -0.4 is 5.56 Å². The fraction of sp³-hybridized carbons (Fsp3) is 0.231. The van der Waals surface area contributed by atoms with Gasteiger partial charge in [-0.25, -0.2) is 4.98 Å². The number of hydrogen-bond donors (Lipinski definition) is 1. The molecule has 1 aromatic carbocycles. The first-order valence-electron chi connectivity index (χ1n) is 5.35. The molecule has 0 radical (unpaired) electrons. The van der Waals surface area contributed by atoms with E-state index in [2.05, 4.69) is 9.97 Å². The Morgan fingerprint density at radius 2 is 2.00 bits per heavy atom. The molecule has 0 saturated heterocycles. The van der Waals surface area contributed by atoms with Gasteiger partial charge in [0.25, 0.3) is 5.56 Å². The average Bonchev–Trinajstić information content (AvgIpc) is 2.29. The minimum atomic E-state index is -0.164. The van der Waals surface area contributed by atoms with E-state index in [9.17, 15) is 4.79 Å². The molecule has 0 unspecified atom stereocenters. The van der Waals surface area contributed by atoms with Gasteiger partial charge in [0.15, 0.2) is 0 Å². The summed E-state index contributed by atoms with van der Waals surface area (Å²) in [6.07, 6.45) is 0. The molecule has 2 aromatic rings. The highest BCUT2D eigenvalue weighted by Gasteiger charge is 2.03. The van der Waals surface area contributed by atoms with E-state index in [0.717, 1.165) is 5.56 Å². The highest BCUT2D eigenvalue weighted by molar-refractivity contribution is 5.58. The zero-order chi connectivity index (χ0) is 12.3. The van der Waals surface area contributed by atoms with Crippen LogP contribution in [0.3, 0.4) is 0 Å². The molecular weight excluding hydrogens is 216 g/mol. The van der Waals surface area contributed by atoms with Crippen LogP contribution >= 0.6 is 0 Å². The summed E-state index contributed by atoms with van der Waals surface area (Å²) in [5.41, 5.74) is 2.61. The number of aromatic amines is 1. The van der Waals surface area contributed by atoms with Crippen LogP contribution in [-0.2, 0) is 11.3 Å². The second-order valence-electron chi connectivity index (χ2n) is 3.88. The maximum absolute atomic E-state index is 11.5. The topological polar surface area (TPSA) is 55.0 Å². The lowest BCUT2D eigenvalue weighted by Gasteiger charge is -2.04. The van der Waals surface area contributed by atoms with Gasteiger partial charge in [-0.1, -0.05) is 29.8 Å². The molecule has 0 aliphatic carbocycles. The van der Waals surface area contributed by atoms with Crippen LogP contribution in [0.4, 0.5) is 0 Å². The predicted molar refractivity (Wildman–Crippen MR) is 65.7 cm³/mol. The third-order valence-electron chi connectivity index (χ3n) is 2.42. The Kier molecular flexibility index (Phi) is 3.35. The molecule has 0 atom stereocenters. The molecule has 1 heterocycles. The van der Waals surface area contributed by atoms with Crippen LogP contribution in [0.5, 0.6) is 0 Å². The first kappa shape index (κ1) is 11.5. The molecule has 2 rings (SSSR count). The number of ether oxygens (including phenoxy) is 1. The SMILES string of the molecule is COCc1nc(-c2ccc(C)cc2)cc(=O)[nH]1. The van der Waals surface area contributed by atoms with Gasteiger partial charge in [0.2, 0.25) is 0 Å². The van der Waals surface area contributed by atoms with Gasteiger partial charge in [-0.3, -0.25) is 4.79 Å². The van der Waals surface area contributed by atoms with Gasteiger partial charge in [0.1, 0.15) is 12.4 Å². The highest BCUT2D eigenvalue weighted by Crippen LogP contribution is 2.15. The standard InChI is InChI=1S/C13H14N2O2/c1-9-3-5-10(6-4-9)11-7-13(16)15-12(14-11)8-17-2/h3-7H,8H2,1-2H3,(H,14,15,16). The molecule has 0 aliphatic heterocycles. The van der Waals surface area contributed by atoms with Crippen molar-refractivity contribution < 1.29 is 4.74 Å². The monoisotopic (exact) mass is 230 g/mol. The van der Waals surface area contributed by atoms with Crippen LogP contribution in [0.15, 0.2) is 35.1 Å². The molecule has 0 fully saturated rings. The van der Waals surface area contributed by atoms with E-state index >= 15 is 0 Å². The largest absolute Gasteiger partial charge is 0.377 e. The summed E-state index contributed by atoms with van der Waals surface area (Å²) < 4.78 is 4.96. The lowest BCUT2D eigenvalue weighted by atomic mass is 10.1. The van der Waals surface area contributed by atoms with Crippen molar-refractivity contribution in [1.29, 1.82) is 0 Å². The molecule has 0 spiro atoms. The van der Waals surface area contributed by atoms with Crippen LogP contribution in [0.2, 0.25) is 0 Å². The third-order valence-corrected chi connectivity index (χ3v) is 2.42. The van der Waals surface area contributed by atoms with Crippen molar-refractivity contribution in [1.82, 2.24) is 9.97 Å². The summed E-state index contributed by atoms with van der Waals surface area (Å²) in [5.74, 6) is 0.538. The maximum Gasteiger partial charge on any atom is 0.251 e. The molecule has 4 nitrogen and oxygen atoms in total. The zero-order valence-corrected chi connectivity index (χ0v) is 9.86. The van der Waals surface area contributed by atoms with Crippen molar-refractivity contribution >= 4 is 0 Å². The normalized spacial score (nSPS) is 10.5. The van der Waals surface area contributed by atoms with Gasteiger partial charge in [-0.05, 0) is 6.92 Å². The summed E-state index contributed by atoms with van der Waals surface area (Å²) >= 11 is 0. The lowest BCUT2D eigenvalue weighted by Crippen LogP contribution is -2.11. The lowest BCUT2D eigenvalue weighted by molar-refractivity contribution is 0.177. The van der Waals surface area contributed by atoms with Crippen molar-refractivity contribution in [2.45, 2.75) is 13.5 Å². The van der Waals surface area contributed by atoms with E-state index in [1.54, 1.807) is 7.11 Å². The summed E-state index contributed by atoms with van der Waals surface area (Å²) in [5, 5.41) is 0. The van der Waals surface area contributed by atoms with Gasteiger partial charge in [0.05, 0.1) is 5.69 Å². The highest BCUT2D eigenvalue weighted by atomic mass is 16.5. The number of aryl methyl sites for hydroxylation is 1. The molecule has 4 heteroatoms. The fourth-order valence-corrected chi connectivity index (χ4v) is 1.59. The molecule has 1 aromatic heterocycles. The van der Waals surface area contributed by atoms with Gasteiger partial charge in [-0.15, -0.1) is 0 Å². The molecule has 0 amide bonds. The third kappa shape index (κ3) is 2.79. The van der Waals surface area contributed by atoms with Crippen molar-refractivity contribution in [2.24, 2.45) is 0 Å². The molecular formula is C13H14N2O2. The number of methoxy groups -OCH3 is 1. The Balaban J connectivity index is 2.44.